The van der Waals surface area contributed by atoms with E-state index in [1.54, 1.807) is 11.8 Å². The van der Waals surface area contributed by atoms with Crippen molar-refractivity contribution in [1.82, 2.24) is 9.80 Å². The molecule has 1 aliphatic rings. The highest BCUT2D eigenvalue weighted by Crippen LogP contribution is 2.10. The van der Waals surface area contributed by atoms with E-state index in [1.807, 2.05) is 19.0 Å². The second-order valence-electron chi connectivity index (χ2n) is 3.81. The number of nitrogens with zero attached hydrogens (tertiary/aromatic N) is 2. The van der Waals surface area contributed by atoms with Crippen LogP contribution in [0.2, 0.25) is 0 Å². The summed E-state index contributed by atoms with van der Waals surface area (Å²) in [6.45, 7) is 2.54. The number of amides is 1. The summed E-state index contributed by atoms with van der Waals surface area (Å²) in [6.07, 6.45) is 0. The fourth-order valence-electron chi connectivity index (χ4n) is 1.34. The van der Waals surface area contributed by atoms with Gasteiger partial charge in [-0.3, -0.25) is 4.79 Å². The van der Waals surface area contributed by atoms with Gasteiger partial charge in [0.05, 0.1) is 6.04 Å². The summed E-state index contributed by atoms with van der Waals surface area (Å²) in [5.74, 6) is 1.88. The average Bonchev–Trinajstić information content (AvgIpc) is 2.28. The molecule has 0 aromatic carbocycles. The van der Waals surface area contributed by atoms with Crippen LogP contribution < -0.4 is 5.73 Å². The van der Waals surface area contributed by atoms with E-state index in [4.69, 9.17) is 5.73 Å². The van der Waals surface area contributed by atoms with Gasteiger partial charge in [-0.1, -0.05) is 0 Å². The summed E-state index contributed by atoms with van der Waals surface area (Å²) in [5, 5.41) is 0. The summed E-state index contributed by atoms with van der Waals surface area (Å²) in [7, 11) is 4.02. The zero-order valence-electron chi connectivity index (χ0n) is 8.90. The van der Waals surface area contributed by atoms with Gasteiger partial charge in [0.15, 0.2) is 0 Å². The lowest BCUT2D eigenvalue weighted by atomic mass is 10.3. The number of nitrogens with two attached hydrogens (primary N) is 1. The van der Waals surface area contributed by atoms with Crippen molar-refractivity contribution in [2.45, 2.75) is 6.04 Å². The fraction of sp³-hybridized carbons (Fsp3) is 0.889. The SMILES string of the molecule is CN(C)CCN1CCSCC(N)C1=O. The van der Waals surface area contributed by atoms with E-state index >= 15 is 0 Å². The van der Waals surface area contributed by atoms with Gasteiger partial charge in [-0.2, -0.15) is 11.8 Å². The van der Waals surface area contributed by atoms with Gasteiger partial charge in [-0.25, -0.2) is 0 Å². The van der Waals surface area contributed by atoms with Crippen LogP contribution in [0.3, 0.4) is 0 Å². The molecule has 1 fully saturated rings. The minimum absolute atomic E-state index is 0.108. The maximum atomic E-state index is 11.7. The molecule has 5 heteroatoms. The van der Waals surface area contributed by atoms with Gasteiger partial charge in [0, 0.05) is 31.1 Å². The van der Waals surface area contributed by atoms with Crippen LogP contribution in [-0.4, -0.2) is 67.0 Å². The zero-order valence-corrected chi connectivity index (χ0v) is 9.72. The Morgan fingerprint density at radius 3 is 3.00 bits per heavy atom. The highest BCUT2D eigenvalue weighted by atomic mass is 32.2. The molecule has 0 bridgehead atoms. The Morgan fingerprint density at radius 1 is 1.64 bits per heavy atom. The summed E-state index contributed by atoms with van der Waals surface area (Å²) in [5.41, 5.74) is 5.75. The molecule has 1 rings (SSSR count). The summed E-state index contributed by atoms with van der Waals surface area (Å²) in [6, 6.07) is -0.301. The first-order valence-corrected chi connectivity index (χ1v) is 6.03. The number of hydrogen-bond acceptors (Lipinski definition) is 4. The van der Waals surface area contributed by atoms with Gasteiger partial charge < -0.3 is 15.5 Å². The number of likely N-dealkylation sites (N-methyl/N-ethyl adjacent to an activating group) is 1. The highest BCUT2D eigenvalue weighted by molar-refractivity contribution is 7.99. The third-order valence-corrected chi connectivity index (χ3v) is 3.32. The first-order chi connectivity index (χ1) is 6.61. The maximum Gasteiger partial charge on any atom is 0.240 e. The van der Waals surface area contributed by atoms with Gasteiger partial charge in [0.2, 0.25) is 5.91 Å². The van der Waals surface area contributed by atoms with E-state index in [-0.39, 0.29) is 11.9 Å². The number of hydrogen-bond donors (Lipinski definition) is 1. The van der Waals surface area contributed by atoms with E-state index in [0.717, 1.165) is 31.1 Å². The molecule has 0 aromatic rings. The summed E-state index contributed by atoms with van der Waals surface area (Å²) < 4.78 is 0. The van der Waals surface area contributed by atoms with Crippen LogP contribution in [0.25, 0.3) is 0 Å². The molecule has 82 valence electrons. The molecule has 0 saturated carbocycles. The van der Waals surface area contributed by atoms with E-state index in [9.17, 15) is 4.79 Å². The highest BCUT2D eigenvalue weighted by Gasteiger charge is 2.23. The van der Waals surface area contributed by atoms with Crippen molar-refractivity contribution in [3.05, 3.63) is 0 Å². The molecule has 1 unspecified atom stereocenters. The van der Waals surface area contributed by atoms with Gasteiger partial charge in [-0.05, 0) is 14.1 Å². The van der Waals surface area contributed by atoms with Gasteiger partial charge in [-0.15, -0.1) is 0 Å². The van der Waals surface area contributed by atoms with Crippen molar-refractivity contribution in [2.75, 3.05) is 45.2 Å². The van der Waals surface area contributed by atoms with Gasteiger partial charge in [0.25, 0.3) is 0 Å². The van der Waals surface area contributed by atoms with Crippen molar-refractivity contribution in [3.63, 3.8) is 0 Å². The molecule has 0 radical (unpaired) electrons. The molecule has 1 heterocycles. The number of carbonyl (C=O) groups excluding carboxylic acids is 1. The molecular weight excluding hydrogens is 198 g/mol. The Kier molecular flexibility index (Phi) is 4.71. The normalized spacial score (nSPS) is 24.1. The maximum absolute atomic E-state index is 11.7. The monoisotopic (exact) mass is 217 g/mol. The summed E-state index contributed by atoms with van der Waals surface area (Å²) in [4.78, 5) is 15.7. The molecule has 1 atom stereocenters. The van der Waals surface area contributed by atoms with Crippen LogP contribution in [-0.2, 0) is 4.79 Å². The Bertz CT molecular complexity index is 198. The minimum Gasteiger partial charge on any atom is -0.339 e. The van der Waals surface area contributed by atoms with Crippen molar-refractivity contribution in [2.24, 2.45) is 5.73 Å². The zero-order chi connectivity index (χ0) is 10.6. The van der Waals surface area contributed by atoms with Gasteiger partial charge >= 0.3 is 0 Å². The Labute approximate surface area is 89.8 Å². The van der Waals surface area contributed by atoms with Crippen LogP contribution in [0.15, 0.2) is 0 Å². The van der Waals surface area contributed by atoms with E-state index in [1.165, 1.54) is 0 Å². The molecule has 0 aliphatic carbocycles. The van der Waals surface area contributed by atoms with E-state index < -0.39 is 0 Å². The quantitative estimate of drug-likeness (QED) is 0.689. The smallest absolute Gasteiger partial charge is 0.240 e. The number of carbonyl (C=O) groups is 1. The van der Waals surface area contributed by atoms with E-state index in [0.29, 0.717) is 0 Å². The first-order valence-electron chi connectivity index (χ1n) is 4.88. The Hall–Kier alpha value is -0.260. The second-order valence-corrected chi connectivity index (χ2v) is 4.96. The molecular formula is C9H19N3OS. The second kappa shape index (κ2) is 5.58. The number of rotatable bonds is 3. The minimum atomic E-state index is -0.301. The molecule has 1 amide bonds. The molecule has 0 spiro atoms. The predicted octanol–water partition coefficient (Wildman–Crippen LogP) is -0.549. The first kappa shape index (κ1) is 11.8. The Morgan fingerprint density at radius 2 is 2.36 bits per heavy atom. The lowest BCUT2D eigenvalue weighted by Gasteiger charge is -2.23. The predicted molar refractivity (Wildman–Crippen MR) is 60.4 cm³/mol. The topological polar surface area (TPSA) is 49.6 Å². The summed E-state index contributed by atoms with van der Waals surface area (Å²) >= 11 is 1.76. The molecule has 1 aliphatic heterocycles. The van der Waals surface area contributed by atoms with Gasteiger partial charge in [0.1, 0.15) is 0 Å². The van der Waals surface area contributed by atoms with Crippen LogP contribution in [0.5, 0.6) is 0 Å². The third-order valence-electron chi connectivity index (χ3n) is 2.25. The molecule has 4 nitrogen and oxygen atoms in total. The lowest BCUT2D eigenvalue weighted by Crippen LogP contribution is -2.46. The lowest BCUT2D eigenvalue weighted by molar-refractivity contribution is -0.131. The molecule has 14 heavy (non-hydrogen) atoms. The molecule has 2 N–H and O–H groups in total. The molecule has 0 aromatic heterocycles. The largest absolute Gasteiger partial charge is 0.339 e. The third kappa shape index (κ3) is 3.48. The standard InChI is InChI=1S/C9H19N3OS/c1-11(2)3-4-12-5-6-14-7-8(10)9(12)13/h8H,3-7,10H2,1-2H3. The van der Waals surface area contributed by atoms with Crippen LogP contribution >= 0.6 is 11.8 Å². The Balaban J connectivity index is 2.44. The van der Waals surface area contributed by atoms with E-state index in [2.05, 4.69) is 4.90 Å². The number of thioether (sulfide) groups is 1. The van der Waals surface area contributed by atoms with Crippen molar-refractivity contribution in [3.8, 4) is 0 Å². The fourth-order valence-corrected chi connectivity index (χ4v) is 2.26. The molecule has 1 saturated heterocycles. The van der Waals surface area contributed by atoms with Crippen LogP contribution in [0, 0.1) is 0 Å². The van der Waals surface area contributed by atoms with Crippen LogP contribution in [0.4, 0.5) is 0 Å². The van der Waals surface area contributed by atoms with Crippen molar-refractivity contribution in [1.29, 1.82) is 0 Å². The van der Waals surface area contributed by atoms with Crippen LogP contribution in [0.1, 0.15) is 0 Å². The van der Waals surface area contributed by atoms with Crippen molar-refractivity contribution < 1.29 is 4.79 Å². The average molecular weight is 217 g/mol. The van der Waals surface area contributed by atoms with Crippen molar-refractivity contribution >= 4 is 17.7 Å².